The molecule has 1 aromatic carbocycles. The molecule has 11 heteroatoms. The zero-order valence-electron chi connectivity index (χ0n) is 21.3. The number of thiophene rings is 1. The molecule has 1 aromatic heterocycles. The highest BCUT2D eigenvalue weighted by atomic mass is 32.2. The van der Waals surface area contributed by atoms with Crippen LogP contribution in [-0.2, 0) is 27.7 Å². The molecule has 2 N–H and O–H groups in total. The SMILES string of the molecule is CNC(=O)c1c(NC(=O)c2ccc(S(=O)(=O)N3C[C@H](C)O[C@@H](C)C3)cc2)sc2c1CCN(C(C)C)C2. The molecule has 1 fully saturated rings. The lowest BCUT2D eigenvalue weighted by Crippen LogP contribution is -2.48. The van der Waals surface area contributed by atoms with Crippen LogP contribution in [0.1, 0.15) is 58.9 Å². The van der Waals surface area contributed by atoms with Crippen LogP contribution in [-0.4, -0.2) is 74.4 Å². The molecule has 2 amide bonds. The minimum Gasteiger partial charge on any atom is -0.373 e. The van der Waals surface area contributed by atoms with Gasteiger partial charge in [0.2, 0.25) is 10.0 Å². The highest BCUT2D eigenvalue weighted by Crippen LogP contribution is 2.38. The van der Waals surface area contributed by atoms with E-state index in [1.807, 2.05) is 13.8 Å². The first-order chi connectivity index (χ1) is 17.0. The maximum Gasteiger partial charge on any atom is 0.256 e. The summed E-state index contributed by atoms with van der Waals surface area (Å²) in [6.07, 6.45) is 0.369. The van der Waals surface area contributed by atoms with Crippen molar-refractivity contribution in [1.82, 2.24) is 14.5 Å². The number of sulfonamides is 1. The van der Waals surface area contributed by atoms with E-state index in [9.17, 15) is 18.0 Å². The van der Waals surface area contributed by atoms with Crippen LogP contribution >= 0.6 is 11.3 Å². The summed E-state index contributed by atoms with van der Waals surface area (Å²) in [7, 11) is -2.12. The van der Waals surface area contributed by atoms with E-state index in [0.29, 0.717) is 22.2 Å². The Labute approximate surface area is 216 Å². The highest BCUT2D eigenvalue weighted by Gasteiger charge is 2.33. The van der Waals surface area contributed by atoms with E-state index < -0.39 is 15.9 Å². The number of benzene rings is 1. The van der Waals surface area contributed by atoms with E-state index in [-0.39, 0.29) is 36.1 Å². The van der Waals surface area contributed by atoms with Crippen molar-refractivity contribution in [1.29, 1.82) is 0 Å². The minimum atomic E-state index is -3.70. The number of ether oxygens (including phenoxy) is 1. The van der Waals surface area contributed by atoms with Crippen molar-refractivity contribution >= 4 is 38.2 Å². The van der Waals surface area contributed by atoms with Gasteiger partial charge in [-0.25, -0.2) is 8.42 Å². The molecule has 2 aliphatic heterocycles. The van der Waals surface area contributed by atoms with Crippen molar-refractivity contribution in [3.63, 3.8) is 0 Å². The van der Waals surface area contributed by atoms with Gasteiger partial charge in [-0.05, 0) is 63.9 Å². The van der Waals surface area contributed by atoms with Crippen molar-refractivity contribution < 1.29 is 22.7 Å². The molecule has 1 saturated heterocycles. The van der Waals surface area contributed by atoms with Gasteiger partial charge in [0.05, 0.1) is 22.7 Å². The van der Waals surface area contributed by atoms with Gasteiger partial charge >= 0.3 is 0 Å². The minimum absolute atomic E-state index is 0.131. The second-order valence-electron chi connectivity index (χ2n) is 9.66. The van der Waals surface area contributed by atoms with Crippen LogP contribution < -0.4 is 10.6 Å². The van der Waals surface area contributed by atoms with Gasteiger partial charge in [-0.1, -0.05) is 0 Å². The molecule has 3 heterocycles. The van der Waals surface area contributed by atoms with Gasteiger partial charge in [0.25, 0.3) is 11.8 Å². The Kier molecular flexibility index (Phi) is 7.86. The molecule has 2 aromatic rings. The fraction of sp³-hybridized carbons (Fsp3) is 0.520. The van der Waals surface area contributed by atoms with E-state index in [4.69, 9.17) is 4.74 Å². The third-order valence-electron chi connectivity index (χ3n) is 6.64. The lowest BCUT2D eigenvalue weighted by Gasteiger charge is -2.34. The number of fused-ring (bicyclic) bond motifs is 1. The Morgan fingerprint density at radius 1 is 1.08 bits per heavy atom. The predicted molar refractivity (Wildman–Crippen MR) is 140 cm³/mol. The van der Waals surface area contributed by atoms with E-state index >= 15 is 0 Å². The maximum atomic E-state index is 13.1. The van der Waals surface area contributed by atoms with Crippen LogP contribution in [0.3, 0.4) is 0 Å². The number of nitrogens with one attached hydrogen (secondary N) is 2. The van der Waals surface area contributed by atoms with E-state index in [2.05, 4.69) is 29.4 Å². The molecule has 36 heavy (non-hydrogen) atoms. The number of morpholine rings is 1. The van der Waals surface area contributed by atoms with Crippen molar-refractivity contribution in [2.75, 3.05) is 32.0 Å². The van der Waals surface area contributed by atoms with Crippen LogP contribution in [0.25, 0.3) is 0 Å². The number of rotatable bonds is 6. The van der Waals surface area contributed by atoms with Crippen LogP contribution in [0, 0.1) is 0 Å². The van der Waals surface area contributed by atoms with E-state index in [0.717, 1.165) is 30.0 Å². The van der Waals surface area contributed by atoms with Gasteiger partial charge in [0, 0.05) is 49.7 Å². The summed E-state index contributed by atoms with van der Waals surface area (Å²) in [4.78, 5) is 29.3. The topological polar surface area (TPSA) is 108 Å². The lowest BCUT2D eigenvalue weighted by atomic mass is 10.0. The Morgan fingerprint density at radius 2 is 1.72 bits per heavy atom. The third kappa shape index (κ3) is 5.35. The third-order valence-corrected chi connectivity index (χ3v) is 9.62. The molecule has 9 nitrogen and oxygen atoms in total. The fourth-order valence-electron chi connectivity index (χ4n) is 4.75. The maximum absolute atomic E-state index is 13.1. The van der Waals surface area contributed by atoms with Crippen LogP contribution in [0.4, 0.5) is 5.00 Å². The van der Waals surface area contributed by atoms with E-state index in [1.165, 1.54) is 39.9 Å². The van der Waals surface area contributed by atoms with Crippen LogP contribution in [0.15, 0.2) is 29.2 Å². The van der Waals surface area contributed by atoms with Crippen molar-refractivity contribution in [3.8, 4) is 0 Å². The molecule has 2 aliphatic rings. The van der Waals surface area contributed by atoms with Crippen LogP contribution in [0.2, 0.25) is 0 Å². The average molecular weight is 535 g/mol. The monoisotopic (exact) mass is 534 g/mol. The first-order valence-electron chi connectivity index (χ1n) is 12.2. The average Bonchev–Trinajstić information content (AvgIpc) is 3.19. The van der Waals surface area contributed by atoms with Crippen molar-refractivity contribution in [2.24, 2.45) is 0 Å². The smallest absolute Gasteiger partial charge is 0.256 e. The number of nitrogens with zero attached hydrogens (tertiary/aromatic N) is 2. The predicted octanol–water partition coefficient (Wildman–Crippen LogP) is 2.92. The molecule has 4 rings (SSSR count). The second kappa shape index (κ2) is 10.6. The number of carbonyl (C=O) groups is 2. The molecule has 0 bridgehead atoms. The Hall–Kier alpha value is -2.31. The fourth-order valence-corrected chi connectivity index (χ4v) is 7.60. The quantitative estimate of drug-likeness (QED) is 0.590. The Bertz CT molecular complexity index is 1230. The summed E-state index contributed by atoms with van der Waals surface area (Å²) in [6.45, 7) is 10.2. The highest BCUT2D eigenvalue weighted by molar-refractivity contribution is 7.89. The van der Waals surface area contributed by atoms with E-state index in [1.54, 1.807) is 7.05 Å². The summed E-state index contributed by atoms with van der Waals surface area (Å²) in [5.74, 6) is -0.617. The molecule has 0 radical (unpaired) electrons. The van der Waals surface area contributed by atoms with Gasteiger partial charge in [-0.15, -0.1) is 11.3 Å². The summed E-state index contributed by atoms with van der Waals surface area (Å²) in [5, 5.41) is 6.11. The van der Waals surface area contributed by atoms with Gasteiger partial charge in [0.15, 0.2) is 0 Å². The zero-order chi connectivity index (χ0) is 26.2. The van der Waals surface area contributed by atoms with Gasteiger partial charge in [-0.3, -0.25) is 14.5 Å². The molecule has 0 saturated carbocycles. The normalized spacial score (nSPS) is 21.3. The van der Waals surface area contributed by atoms with Crippen LogP contribution in [0.5, 0.6) is 0 Å². The summed E-state index contributed by atoms with van der Waals surface area (Å²) in [6, 6.07) is 6.30. The number of anilines is 1. The molecule has 196 valence electrons. The Balaban J connectivity index is 1.54. The number of amides is 2. The first kappa shape index (κ1) is 26.7. The molecule has 0 unspecified atom stereocenters. The molecular formula is C25H34N4O5S2. The number of hydrogen-bond acceptors (Lipinski definition) is 7. The molecule has 0 spiro atoms. The molecule has 0 aliphatic carbocycles. The van der Waals surface area contributed by atoms with Crippen molar-refractivity contribution in [2.45, 2.75) is 63.8 Å². The zero-order valence-corrected chi connectivity index (χ0v) is 23.0. The van der Waals surface area contributed by atoms with Gasteiger partial charge in [0.1, 0.15) is 5.00 Å². The lowest BCUT2D eigenvalue weighted by molar-refractivity contribution is -0.0440. The molecule has 2 atom stereocenters. The summed E-state index contributed by atoms with van der Waals surface area (Å²) >= 11 is 1.43. The first-order valence-corrected chi connectivity index (χ1v) is 14.4. The van der Waals surface area contributed by atoms with Crippen molar-refractivity contribution in [3.05, 3.63) is 45.8 Å². The standard InChI is InChI=1S/C25H34N4O5S2/c1-15(2)28-11-10-20-21(14-28)35-25(22(20)24(31)26-5)27-23(30)18-6-8-19(9-7-18)36(32,33)29-12-16(3)34-17(4)13-29/h6-9,15-17H,10-14H2,1-5H3,(H,26,31)(H,27,30)/t16-,17-/m0/s1. The largest absolute Gasteiger partial charge is 0.373 e. The number of carbonyl (C=O) groups excluding carboxylic acids is 2. The second-order valence-corrected chi connectivity index (χ2v) is 12.7. The Morgan fingerprint density at radius 3 is 2.31 bits per heavy atom. The van der Waals surface area contributed by atoms with Gasteiger partial charge < -0.3 is 15.4 Å². The van der Waals surface area contributed by atoms with Gasteiger partial charge in [-0.2, -0.15) is 4.31 Å². The molecular weight excluding hydrogens is 500 g/mol. The number of hydrogen-bond donors (Lipinski definition) is 2. The summed E-state index contributed by atoms with van der Waals surface area (Å²) < 4.78 is 33.3. The summed E-state index contributed by atoms with van der Waals surface area (Å²) in [5.41, 5.74) is 1.82.